The van der Waals surface area contributed by atoms with Crippen LogP contribution in [0.15, 0.2) is 40.9 Å². The van der Waals surface area contributed by atoms with E-state index in [4.69, 9.17) is 9.26 Å². The predicted octanol–water partition coefficient (Wildman–Crippen LogP) is 1.81. The van der Waals surface area contributed by atoms with Gasteiger partial charge >= 0.3 is 0 Å². The minimum atomic E-state index is -0.419. The van der Waals surface area contributed by atoms with Gasteiger partial charge in [-0.25, -0.2) is 0 Å². The summed E-state index contributed by atoms with van der Waals surface area (Å²) in [5.41, 5.74) is 1.10. The molecule has 4 rings (SSSR count). The van der Waals surface area contributed by atoms with Crippen molar-refractivity contribution in [2.24, 2.45) is 0 Å². The standard InChI is InChI=1S/C19H21N3O4/c23-18(15-13-17(26-20-15)14-5-2-1-3-6-14)22-8-4-7-16(22)19(24)21-9-11-25-12-10-21/h1-3,5-6,13,16H,4,7-12H2/t16-/m0/s1. The van der Waals surface area contributed by atoms with Gasteiger partial charge in [-0.1, -0.05) is 35.5 Å². The van der Waals surface area contributed by atoms with E-state index in [0.29, 0.717) is 45.0 Å². The van der Waals surface area contributed by atoms with E-state index in [1.807, 2.05) is 30.3 Å². The van der Waals surface area contributed by atoms with Crippen molar-refractivity contribution in [1.82, 2.24) is 15.0 Å². The summed E-state index contributed by atoms with van der Waals surface area (Å²) < 4.78 is 10.6. The van der Waals surface area contributed by atoms with Crippen molar-refractivity contribution in [1.29, 1.82) is 0 Å². The van der Waals surface area contributed by atoms with E-state index in [2.05, 4.69) is 5.16 Å². The molecule has 2 amide bonds. The Labute approximate surface area is 151 Å². The molecule has 3 heterocycles. The van der Waals surface area contributed by atoms with Crippen molar-refractivity contribution in [3.05, 3.63) is 42.1 Å². The lowest BCUT2D eigenvalue weighted by Crippen LogP contribution is -2.51. The van der Waals surface area contributed by atoms with E-state index in [1.54, 1.807) is 15.9 Å². The second kappa shape index (κ2) is 7.29. The number of nitrogens with zero attached hydrogens (tertiary/aromatic N) is 3. The normalized spacial score (nSPS) is 20.4. The van der Waals surface area contributed by atoms with Gasteiger partial charge in [-0.3, -0.25) is 9.59 Å². The number of hydrogen-bond donors (Lipinski definition) is 0. The number of carbonyl (C=O) groups excluding carboxylic acids is 2. The molecule has 2 aliphatic heterocycles. The number of rotatable bonds is 3. The first-order valence-electron chi connectivity index (χ1n) is 8.93. The molecule has 2 saturated heterocycles. The molecular weight excluding hydrogens is 334 g/mol. The summed E-state index contributed by atoms with van der Waals surface area (Å²) in [5, 5.41) is 3.93. The van der Waals surface area contributed by atoms with E-state index in [1.165, 1.54) is 0 Å². The fourth-order valence-electron chi connectivity index (χ4n) is 3.52. The third-order valence-electron chi connectivity index (χ3n) is 4.91. The number of ether oxygens (including phenoxy) is 1. The zero-order chi connectivity index (χ0) is 17.9. The highest BCUT2D eigenvalue weighted by Gasteiger charge is 2.38. The maximum Gasteiger partial charge on any atom is 0.276 e. The highest BCUT2D eigenvalue weighted by molar-refractivity contribution is 5.97. The Hall–Kier alpha value is -2.67. The van der Waals surface area contributed by atoms with Crippen molar-refractivity contribution in [2.75, 3.05) is 32.8 Å². The lowest BCUT2D eigenvalue weighted by molar-refractivity contribution is -0.139. The van der Waals surface area contributed by atoms with E-state index in [-0.39, 0.29) is 17.5 Å². The molecule has 26 heavy (non-hydrogen) atoms. The monoisotopic (exact) mass is 355 g/mol. The highest BCUT2D eigenvalue weighted by atomic mass is 16.5. The van der Waals surface area contributed by atoms with Gasteiger partial charge in [0.1, 0.15) is 6.04 Å². The van der Waals surface area contributed by atoms with Gasteiger partial charge < -0.3 is 19.1 Å². The molecule has 2 aliphatic rings. The second-order valence-corrected chi connectivity index (χ2v) is 6.54. The third-order valence-corrected chi connectivity index (χ3v) is 4.91. The second-order valence-electron chi connectivity index (χ2n) is 6.54. The molecule has 0 aliphatic carbocycles. The lowest BCUT2D eigenvalue weighted by Gasteiger charge is -2.32. The molecule has 2 fully saturated rings. The number of amides is 2. The Bertz CT molecular complexity index is 783. The van der Waals surface area contributed by atoms with Crippen LogP contribution in [-0.4, -0.2) is 65.7 Å². The smallest absolute Gasteiger partial charge is 0.276 e. The molecule has 7 heteroatoms. The van der Waals surface area contributed by atoms with E-state index in [0.717, 1.165) is 12.0 Å². The average Bonchev–Trinajstić information content (AvgIpc) is 3.38. The van der Waals surface area contributed by atoms with Crippen LogP contribution in [0.5, 0.6) is 0 Å². The lowest BCUT2D eigenvalue weighted by atomic mass is 10.1. The SMILES string of the molecule is O=C([C@@H]1CCCN1C(=O)c1cc(-c2ccccc2)on1)N1CCOCC1. The molecule has 1 atom stereocenters. The number of aromatic nitrogens is 1. The van der Waals surface area contributed by atoms with Gasteiger partial charge in [-0.05, 0) is 12.8 Å². The molecule has 0 bridgehead atoms. The van der Waals surface area contributed by atoms with Gasteiger partial charge in [0.05, 0.1) is 13.2 Å². The molecule has 2 aromatic rings. The number of benzene rings is 1. The van der Waals surface area contributed by atoms with Crippen LogP contribution in [0.25, 0.3) is 11.3 Å². The number of carbonyl (C=O) groups is 2. The Morgan fingerprint density at radius 1 is 1.08 bits per heavy atom. The molecule has 1 aromatic heterocycles. The molecule has 0 N–H and O–H groups in total. The summed E-state index contributed by atoms with van der Waals surface area (Å²) in [7, 11) is 0. The van der Waals surface area contributed by atoms with Gasteiger partial charge in [0.15, 0.2) is 11.5 Å². The molecular formula is C19H21N3O4. The zero-order valence-corrected chi connectivity index (χ0v) is 14.5. The Kier molecular flexibility index (Phi) is 4.71. The van der Waals surface area contributed by atoms with E-state index < -0.39 is 6.04 Å². The topological polar surface area (TPSA) is 75.9 Å². The van der Waals surface area contributed by atoms with Crippen molar-refractivity contribution in [3.63, 3.8) is 0 Å². The molecule has 1 aromatic carbocycles. The molecule has 136 valence electrons. The van der Waals surface area contributed by atoms with Crippen LogP contribution in [0.1, 0.15) is 23.3 Å². The fourth-order valence-corrected chi connectivity index (χ4v) is 3.52. The molecule has 7 nitrogen and oxygen atoms in total. The number of hydrogen-bond acceptors (Lipinski definition) is 5. The van der Waals surface area contributed by atoms with Crippen LogP contribution < -0.4 is 0 Å². The van der Waals surface area contributed by atoms with Gasteiger partial charge in [0, 0.05) is 31.3 Å². The van der Waals surface area contributed by atoms with Crippen LogP contribution in [0, 0.1) is 0 Å². The van der Waals surface area contributed by atoms with Gasteiger partial charge in [-0.2, -0.15) is 0 Å². The van der Waals surface area contributed by atoms with E-state index >= 15 is 0 Å². The summed E-state index contributed by atoms with van der Waals surface area (Å²) in [5.74, 6) is 0.301. The van der Waals surface area contributed by atoms with Gasteiger partial charge in [0.2, 0.25) is 5.91 Å². The van der Waals surface area contributed by atoms with Crippen LogP contribution in [0.4, 0.5) is 0 Å². The first-order valence-corrected chi connectivity index (χ1v) is 8.93. The zero-order valence-electron chi connectivity index (χ0n) is 14.5. The molecule has 0 spiro atoms. The first-order chi connectivity index (χ1) is 12.7. The van der Waals surface area contributed by atoms with Gasteiger partial charge in [-0.15, -0.1) is 0 Å². The summed E-state index contributed by atoms with van der Waals surface area (Å²) in [6.45, 7) is 2.83. The molecule has 0 radical (unpaired) electrons. The minimum Gasteiger partial charge on any atom is -0.378 e. The molecule has 0 saturated carbocycles. The summed E-state index contributed by atoms with van der Waals surface area (Å²) in [6.07, 6.45) is 1.50. The number of morpholine rings is 1. The van der Waals surface area contributed by atoms with Crippen LogP contribution in [-0.2, 0) is 9.53 Å². The highest BCUT2D eigenvalue weighted by Crippen LogP contribution is 2.25. The third kappa shape index (κ3) is 3.22. The maximum atomic E-state index is 12.9. The van der Waals surface area contributed by atoms with E-state index in [9.17, 15) is 9.59 Å². The first kappa shape index (κ1) is 16.8. The predicted molar refractivity (Wildman–Crippen MR) is 93.4 cm³/mol. The Morgan fingerprint density at radius 2 is 1.85 bits per heavy atom. The summed E-state index contributed by atoms with van der Waals surface area (Å²) in [6, 6.07) is 10.7. The maximum absolute atomic E-state index is 12.9. The summed E-state index contributed by atoms with van der Waals surface area (Å²) >= 11 is 0. The van der Waals surface area contributed by atoms with Crippen molar-refractivity contribution in [2.45, 2.75) is 18.9 Å². The average molecular weight is 355 g/mol. The minimum absolute atomic E-state index is 0.00549. The van der Waals surface area contributed by atoms with Gasteiger partial charge in [0.25, 0.3) is 5.91 Å². The number of likely N-dealkylation sites (tertiary alicyclic amines) is 1. The quantitative estimate of drug-likeness (QED) is 0.839. The molecule has 0 unspecified atom stereocenters. The van der Waals surface area contributed by atoms with Crippen LogP contribution in [0.2, 0.25) is 0 Å². The Morgan fingerprint density at radius 3 is 2.62 bits per heavy atom. The van der Waals surface area contributed by atoms with Crippen molar-refractivity contribution >= 4 is 11.8 Å². The fraction of sp³-hybridized carbons (Fsp3) is 0.421. The largest absolute Gasteiger partial charge is 0.378 e. The van der Waals surface area contributed by atoms with Crippen molar-refractivity contribution in [3.8, 4) is 11.3 Å². The van der Waals surface area contributed by atoms with Crippen LogP contribution >= 0.6 is 0 Å². The summed E-state index contributed by atoms with van der Waals surface area (Å²) in [4.78, 5) is 29.1. The Balaban J connectivity index is 1.50. The van der Waals surface area contributed by atoms with Crippen LogP contribution in [0.3, 0.4) is 0 Å². The van der Waals surface area contributed by atoms with Crippen molar-refractivity contribution < 1.29 is 18.8 Å².